The molecule has 3 fully saturated rings. The van der Waals surface area contributed by atoms with E-state index in [0.29, 0.717) is 49.7 Å². The lowest BCUT2D eigenvalue weighted by Crippen LogP contribution is -2.54. The molecule has 8 rings (SSSR count). The quantitative estimate of drug-likeness (QED) is 0.289. The number of fused-ring (bicyclic) bond motifs is 2. The maximum absolute atomic E-state index is 13.5. The smallest absolute Gasteiger partial charge is 0.317 e. The lowest BCUT2D eigenvalue weighted by molar-refractivity contribution is -0.136. The molecule has 0 radical (unpaired) electrons. The third-order valence-corrected chi connectivity index (χ3v) is 12.7. The van der Waals surface area contributed by atoms with Gasteiger partial charge in [0.2, 0.25) is 11.8 Å². The van der Waals surface area contributed by atoms with Gasteiger partial charge in [0.1, 0.15) is 17.5 Å². The Bertz CT molecular complexity index is 2280. The second-order valence-electron chi connectivity index (χ2n) is 16.8. The number of rotatable bonds is 10. The van der Waals surface area contributed by atoms with Gasteiger partial charge in [0, 0.05) is 87.7 Å². The molecule has 312 valence electrons. The molecular formula is C43H52N8O8. The van der Waals surface area contributed by atoms with Gasteiger partial charge in [-0.3, -0.25) is 34.2 Å². The first kappa shape index (κ1) is 40.1. The van der Waals surface area contributed by atoms with Crippen molar-refractivity contribution in [3.63, 3.8) is 0 Å². The fraction of sp³-hybridized carbons (Fsp3) is 0.488. The molecule has 2 N–H and O–H groups in total. The van der Waals surface area contributed by atoms with Crippen molar-refractivity contribution in [1.82, 2.24) is 34.8 Å². The Morgan fingerprint density at radius 2 is 1.63 bits per heavy atom. The number of benzene rings is 2. The molecule has 2 atom stereocenters. The molecule has 3 saturated heterocycles. The molecule has 16 heteroatoms. The van der Waals surface area contributed by atoms with Crippen molar-refractivity contribution < 1.29 is 33.4 Å². The largest absolute Gasteiger partial charge is 0.496 e. The van der Waals surface area contributed by atoms with Crippen molar-refractivity contribution in [2.45, 2.75) is 51.2 Å². The second-order valence-corrected chi connectivity index (χ2v) is 16.8. The van der Waals surface area contributed by atoms with Gasteiger partial charge in [-0.15, -0.1) is 0 Å². The minimum Gasteiger partial charge on any atom is -0.496 e. The zero-order valence-corrected chi connectivity index (χ0v) is 34.4. The Kier molecular flexibility index (Phi) is 10.7. The Balaban J connectivity index is 0.867. The molecule has 2 unspecified atom stereocenters. The van der Waals surface area contributed by atoms with Crippen LogP contribution in [0.5, 0.6) is 11.5 Å². The molecule has 0 saturated carbocycles. The molecule has 1 aromatic heterocycles. The number of amides is 6. The highest BCUT2D eigenvalue weighted by Gasteiger charge is 2.46. The first-order valence-electron chi connectivity index (χ1n) is 20.3. The first-order valence-corrected chi connectivity index (χ1v) is 20.3. The number of urea groups is 1. The highest BCUT2D eigenvalue weighted by atomic mass is 16.5. The number of nitrogens with one attached hydrogen (secondary N) is 2. The van der Waals surface area contributed by atoms with Crippen molar-refractivity contribution in [1.29, 1.82) is 0 Å². The molecule has 59 heavy (non-hydrogen) atoms. The van der Waals surface area contributed by atoms with Gasteiger partial charge >= 0.3 is 6.03 Å². The molecule has 1 spiro atoms. The number of carbonyl (C=O) groups is 5. The third-order valence-electron chi connectivity index (χ3n) is 12.7. The molecule has 2 aromatic carbocycles. The number of carbonyl (C=O) groups excluding carboxylic acids is 5. The van der Waals surface area contributed by atoms with Gasteiger partial charge in [0.15, 0.2) is 0 Å². The van der Waals surface area contributed by atoms with E-state index in [2.05, 4.69) is 25.3 Å². The molecule has 6 heterocycles. The van der Waals surface area contributed by atoms with E-state index < -0.39 is 29.7 Å². The number of aryl methyl sites for hydroxylation is 1. The molecule has 3 aromatic rings. The van der Waals surface area contributed by atoms with Crippen LogP contribution in [-0.2, 0) is 36.1 Å². The SMILES string of the molecule is COc1cc(-c2cn(C)c(=O)c3c2CCN(C(=O)NCCN2CCC4(CCN(c5ccc6c(c5)C(=O)N(C5CCC(=O)NC5=O)C6=O)C4)C2)C3)cc(OC)c1CN(C)C. The van der Waals surface area contributed by atoms with Crippen LogP contribution in [0.15, 0.2) is 41.3 Å². The highest BCUT2D eigenvalue weighted by molar-refractivity contribution is 6.23. The molecule has 5 aliphatic heterocycles. The fourth-order valence-electron chi connectivity index (χ4n) is 9.63. The summed E-state index contributed by atoms with van der Waals surface area (Å²) in [6.07, 6.45) is 4.58. The van der Waals surface area contributed by atoms with Crippen LogP contribution >= 0.6 is 0 Å². The molecule has 0 aliphatic carbocycles. The van der Waals surface area contributed by atoms with E-state index in [-0.39, 0.29) is 47.5 Å². The summed E-state index contributed by atoms with van der Waals surface area (Å²) >= 11 is 0. The van der Waals surface area contributed by atoms with E-state index in [0.717, 1.165) is 71.9 Å². The van der Waals surface area contributed by atoms with Crippen molar-refractivity contribution in [3.8, 4) is 22.6 Å². The van der Waals surface area contributed by atoms with Crippen molar-refractivity contribution in [2.24, 2.45) is 12.5 Å². The number of hydrogen-bond donors (Lipinski definition) is 2. The topological polar surface area (TPSA) is 166 Å². The fourth-order valence-corrected chi connectivity index (χ4v) is 9.63. The van der Waals surface area contributed by atoms with Crippen LogP contribution in [0.4, 0.5) is 10.5 Å². The van der Waals surface area contributed by atoms with Crippen molar-refractivity contribution in [2.75, 3.05) is 79.0 Å². The number of piperidine rings is 1. The maximum Gasteiger partial charge on any atom is 0.317 e. The van der Waals surface area contributed by atoms with Crippen LogP contribution < -0.4 is 30.6 Å². The van der Waals surface area contributed by atoms with Crippen molar-refractivity contribution >= 4 is 35.3 Å². The van der Waals surface area contributed by atoms with E-state index >= 15 is 0 Å². The summed E-state index contributed by atoms with van der Waals surface area (Å²) in [5, 5.41) is 5.34. The molecular weight excluding hydrogens is 757 g/mol. The molecule has 16 nitrogen and oxygen atoms in total. The average molecular weight is 809 g/mol. The van der Waals surface area contributed by atoms with Gasteiger partial charge in [-0.05, 0) is 87.8 Å². The van der Waals surface area contributed by atoms with E-state index in [9.17, 15) is 28.8 Å². The molecule has 0 bridgehead atoms. The number of hydrogen-bond acceptors (Lipinski definition) is 11. The van der Waals surface area contributed by atoms with Gasteiger partial charge in [-0.25, -0.2) is 4.79 Å². The Labute approximate surface area is 343 Å². The van der Waals surface area contributed by atoms with Crippen LogP contribution in [-0.4, -0.2) is 134 Å². The van der Waals surface area contributed by atoms with Gasteiger partial charge < -0.3 is 39.0 Å². The number of likely N-dealkylation sites (tertiary alicyclic amines) is 1. The van der Waals surface area contributed by atoms with Gasteiger partial charge in [-0.1, -0.05) is 0 Å². The Morgan fingerprint density at radius 3 is 2.34 bits per heavy atom. The van der Waals surface area contributed by atoms with E-state index in [1.165, 1.54) is 0 Å². The average Bonchev–Trinajstić information content (AvgIpc) is 3.90. The zero-order valence-electron chi connectivity index (χ0n) is 34.4. The summed E-state index contributed by atoms with van der Waals surface area (Å²) in [6, 6.07) is 8.09. The van der Waals surface area contributed by atoms with E-state index in [1.807, 2.05) is 38.5 Å². The van der Waals surface area contributed by atoms with Crippen LogP contribution in [0, 0.1) is 5.41 Å². The predicted molar refractivity (Wildman–Crippen MR) is 219 cm³/mol. The standard InChI is InChI=1S/C43H52N8O8/c1-46(2)21-33-35(58-4)18-26(19-36(33)59-5)31-22-47(3)39(54)32-23-49(14-10-28(31)32)42(57)44-13-17-48-15-11-43(24-48)12-16-50(25-43)27-6-7-29-30(20-27)41(56)51(40(29)55)34-8-9-37(52)45-38(34)53/h6-7,18-20,22,34H,8-17,21,23-25H2,1-5H3,(H,44,57)(H,45,52,53). The maximum atomic E-state index is 13.5. The molecule has 5 aliphatic rings. The van der Waals surface area contributed by atoms with Gasteiger partial charge in [0.25, 0.3) is 17.4 Å². The number of imide groups is 2. The molecule has 6 amide bonds. The normalized spacial score (nSPS) is 21.7. The summed E-state index contributed by atoms with van der Waals surface area (Å²) in [4.78, 5) is 87.1. The number of aromatic nitrogens is 1. The predicted octanol–water partition coefficient (Wildman–Crippen LogP) is 2.20. The number of ether oxygens (including phenoxy) is 2. The number of anilines is 1. The van der Waals surface area contributed by atoms with Crippen molar-refractivity contribution in [3.05, 3.63) is 74.7 Å². The minimum atomic E-state index is -0.995. The lowest BCUT2D eigenvalue weighted by atomic mass is 9.86. The summed E-state index contributed by atoms with van der Waals surface area (Å²) in [5.41, 5.74) is 5.65. The van der Waals surface area contributed by atoms with Gasteiger partial charge in [-0.2, -0.15) is 0 Å². The third kappa shape index (κ3) is 7.43. The van der Waals surface area contributed by atoms with Crippen LogP contribution in [0.3, 0.4) is 0 Å². The Morgan fingerprint density at radius 1 is 0.898 bits per heavy atom. The summed E-state index contributed by atoms with van der Waals surface area (Å²) in [6.45, 7) is 5.91. The van der Waals surface area contributed by atoms with Crippen LogP contribution in [0.2, 0.25) is 0 Å². The van der Waals surface area contributed by atoms with Gasteiger partial charge in [0.05, 0.1) is 37.5 Å². The Hall–Kier alpha value is -5.74. The highest BCUT2D eigenvalue weighted by Crippen LogP contribution is 2.42. The van der Waals surface area contributed by atoms with E-state index in [4.69, 9.17) is 9.47 Å². The first-order chi connectivity index (χ1) is 28.3. The van der Waals surface area contributed by atoms with Crippen LogP contribution in [0.25, 0.3) is 11.1 Å². The minimum absolute atomic E-state index is 0.0661. The number of nitrogens with zero attached hydrogens (tertiary/aromatic N) is 6. The summed E-state index contributed by atoms with van der Waals surface area (Å²) < 4.78 is 13.2. The summed E-state index contributed by atoms with van der Waals surface area (Å²) in [5.74, 6) is -0.626. The lowest BCUT2D eigenvalue weighted by Gasteiger charge is -2.31. The zero-order chi connectivity index (χ0) is 41.7. The number of methoxy groups -OCH3 is 2. The van der Waals surface area contributed by atoms with E-state index in [1.54, 1.807) is 42.9 Å². The number of pyridine rings is 1. The summed E-state index contributed by atoms with van der Waals surface area (Å²) in [7, 11) is 9.00. The second kappa shape index (κ2) is 15.8. The van der Waals surface area contributed by atoms with Crippen LogP contribution in [0.1, 0.15) is 63.1 Å². The monoisotopic (exact) mass is 808 g/mol.